The average Bonchev–Trinajstić information content (AvgIpc) is 3.52. The molecule has 5 heterocycles. The predicted molar refractivity (Wildman–Crippen MR) is 166 cm³/mol. The summed E-state index contributed by atoms with van der Waals surface area (Å²) >= 11 is 1.58. The summed E-state index contributed by atoms with van der Waals surface area (Å²) in [6, 6.07) is 4.95. The first-order valence-corrected chi connectivity index (χ1v) is 16.3. The van der Waals surface area contributed by atoms with E-state index in [1.807, 2.05) is 0 Å². The number of piperazine rings is 1. The van der Waals surface area contributed by atoms with Gasteiger partial charge in [-0.1, -0.05) is 5.16 Å². The number of anilines is 3. The summed E-state index contributed by atoms with van der Waals surface area (Å²) in [6.45, 7) is 9.21. The van der Waals surface area contributed by atoms with Crippen molar-refractivity contribution in [3.8, 4) is 17.7 Å². The van der Waals surface area contributed by atoms with E-state index >= 15 is 0 Å². The largest absolute Gasteiger partial charge is 0.389 e. The van der Waals surface area contributed by atoms with Crippen molar-refractivity contribution in [2.75, 3.05) is 75.4 Å². The van der Waals surface area contributed by atoms with Crippen LogP contribution in [0.15, 0.2) is 10.6 Å². The van der Waals surface area contributed by atoms with E-state index in [9.17, 15) is 5.26 Å². The lowest BCUT2D eigenvalue weighted by Crippen LogP contribution is -2.45. The Morgan fingerprint density at radius 3 is 2.55 bits per heavy atom. The molecular formula is C31H41N9OS. The number of thiophene rings is 1. The monoisotopic (exact) mass is 587 g/mol. The minimum absolute atomic E-state index is 0.329. The fraction of sp³-hybridized carbons (Fsp3) is 0.613. The van der Waals surface area contributed by atoms with Gasteiger partial charge in [-0.15, -0.1) is 11.3 Å². The summed E-state index contributed by atoms with van der Waals surface area (Å²) < 4.78 is 6.26. The topological polar surface area (TPSA) is 115 Å². The first-order valence-electron chi connectivity index (χ1n) is 15.5. The molecule has 11 heteroatoms. The molecule has 2 aliphatic carbocycles. The minimum Gasteiger partial charge on any atom is -0.389 e. The second kappa shape index (κ2) is 10.8. The number of nitrogens with zero attached hydrogens (tertiary/aromatic N) is 8. The third kappa shape index (κ3) is 4.55. The second-order valence-corrected chi connectivity index (χ2v) is 13.9. The SMILES string of the molecule is C[C@H]1CN(C)CCCN1c1cc(N2CCN(C)CC2)nc(-c2onc3c2CCC[C@@]32CCCc3sc(N)c(C#N)c32)n1. The number of nitrogens with two attached hydrogens (primary N) is 1. The van der Waals surface area contributed by atoms with Crippen LogP contribution in [0, 0.1) is 11.3 Å². The summed E-state index contributed by atoms with van der Waals surface area (Å²) in [6.07, 6.45) is 6.90. The Bertz CT molecular complexity index is 1510. The summed E-state index contributed by atoms with van der Waals surface area (Å²) in [5, 5.41) is 15.5. The zero-order chi connectivity index (χ0) is 29.0. The number of aromatic nitrogens is 3. The lowest BCUT2D eigenvalue weighted by molar-refractivity contribution is 0.312. The highest BCUT2D eigenvalue weighted by atomic mass is 32.1. The molecule has 2 N–H and O–H groups in total. The van der Waals surface area contributed by atoms with Crippen LogP contribution in [0.1, 0.15) is 66.3 Å². The number of nitriles is 1. The van der Waals surface area contributed by atoms with E-state index in [1.165, 1.54) is 4.88 Å². The first-order chi connectivity index (χ1) is 20.4. The number of fused-ring (bicyclic) bond motifs is 4. The van der Waals surface area contributed by atoms with Crippen molar-refractivity contribution in [1.82, 2.24) is 24.9 Å². The molecule has 7 rings (SSSR count). The van der Waals surface area contributed by atoms with E-state index in [0.717, 1.165) is 119 Å². The Balaban J connectivity index is 1.34. The fourth-order valence-corrected chi connectivity index (χ4v) is 8.97. The molecule has 1 spiro atoms. The van der Waals surface area contributed by atoms with Crippen LogP contribution in [0.4, 0.5) is 16.6 Å². The van der Waals surface area contributed by atoms with Crippen molar-refractivity contribution in [3.05, 3.63) is 33.3 Å². The maximum atomic E-state index is 10.1. The summed E-state index contributed by atoms with van der Waals surface area (Å²) in [4.78, 5) is 21.2. The van der Waals surface area contributed by atoms with Crippen LogP contribution >= 0.6 is 11.3 Å². The standard InChI is InChI=1S/C31H41N9OS/c1-20-19-38(3)11-6-12-40(20)25-17-24(39-15-13-37(2)14-16-39)34-30(35-25)27-21-7-4-9-31(28(21)36-41-27)10-5-8-23-26(31)22(18-32)29(33)42-23/h17,20H,4-16,19,33H2,1-3H3/t20-,31-/m0/s1. The first kappa shape index (κ1) is 27.6. The maximum absolute atomic E-state index is 10.1. The van der Waals surface area contributed by atoms with Crippen molar-refractivity contribution in [2.24, 2.45) is 0 Å². The van der Waals surface area contributed by atoms with Gasteiger partial charge in [-0.2, -0.15) is 5.26 Å². The summed E-state index contributed by atoms with van der Waals surface area (Å²) in [5.41, 5.74) is 9.86. The molecule has 42 heavy (non-hydrogen) atoms. The van der Waals surface area contributed by atoms with E-state index < -0.39 is 0 Å². The zero-order valence-electron chi connectivity index (χ0n) is 25.0. The molecular weight excluding hydrogens is 546 g/mol. The van der Waals surface area contributed by atoms with Crippen LogP contribution in [0.3, 0.4) is 0 Å². The van der Waals surface area contributed by atoms with Crippen LogP contribution in [0.2, 0.25) is 0 Å². The highest BCUT2D eigenvalue weighted by molar-refractivity contribution is 7.16. The lowest BCUT2D eigenvalue weighted by Gasteiger charge is -2.39. The average molecular weight is 588 g/mol. The van der Waals surface area contributed by atoms with Gasteiger partial charge in [0.2, 0.25) is 11.6 Å². The highest BCUT2D eigenvalue weighted by Crippen LogP contribution is 2.54. The van der Waals surface area contributed by atoms with E-state index in [4.69, 9.17) is 25.4 Å². The van der Waals surface area contributed by atoms with Gasteiger partial charge >= 0.3 is 0 Å². The second-order valence-electron chi connectivity index (χ2n) is 12.7. The quantitative estimate of drug-likeness (QED) is 0.484. The van der Waals surface area contributed by atoms with Crippen molar-refractivity contribution in [1.29, 1.82) is 5.26 Å². The molecule has 4 aliphatic rings. The molecule has 0 amide bonds. The molecule has 10 nitrogen and oxygen atoms in total. The molecule has 0 saturated carbocycles. The molecule has 0 radical (unpaired) electrons. The van der Waals surface area contributed by atoms with Gasteiger partial charge in [0.25, 0.3) is 0 Å². The van der Waals surface area contributed by atoms with Crippen molar-refractivity contribution < 1.29 is 4.52 Å². The third-order valence-electron chi connectivity index (χ3n) is 9.95. The van der Waals surface area contributed by atoms with Crippen LogP contribution in [0.25, 0.3) is 11.6 Å². The highest BCUT2D eigenvalue weighted by Gasteiger charge is 2.48. The fourth-order valence-electron chi connectivity index (χ4n) is 7.81. The molecule has 0 aromatic carbocycles. The number of rotatable bonds is 3. The normalized spacial score (nSPS) is 25.2. The smallest absolute Gasteiger partial charge is 0.207 e. The molecule has 222 valence electrons. The van der Waals surface area contributed by atoms with Gasteiger partial charge in [0, 0.05) is 67.2 Å². The van der Waals surface area contributed by atoms with Crippen molar-refractivity contribution >= 4 is 28.0 Å². The lowest BCUT2D eigenvalue weighted by atomic mass is 9.62. The van der Waals surface area contributed by atoms with Crippen LogP contribution < -0.4 is 15.5 Å². The molecule has 0 unspecified atom stereocenters. The molecule has 3 aromatic heterocycles. The van der Waals surface area contributed by atoms with Crippen LogP contribution in [-0.2, 0) is 18.3 Å². The Labute approximate surface area is 252 Å². The Morgan fingerprint density at radius 2 is 1.76 bits per heavy atom. The number of hydrogen-bond acceptors (Lipinski definition) is 11. The third-order valence-corrected chi connectivity index (χ3v) is 11.0. The Kier molecular flexibility index (Phi) is 7.11. The van der Waals surface area contributed by atoms with E-state index in [2.05, 4.69) is 52.8 Å². The summed E-state index contributed by atoms with van der Waals surface area (Å²) in [7, 11) is 4.38. The zero-order valence-corrected chi connectivity index (χ0v) is 25.8. The molecule has 0 bridgehead atoms. The van der Waals surface area contributed by atoms with Gasteiger partial charge in [0.15, 0.2) is 0 Å². The summed E-state index contributed by atoms with van der Waals surface area (Å²) in [5.74, 6) is 3.23. The van der Waals surface area contributed by atoms with E-state index in [0.29, 0.717) is 28.2 Å². The van der Waals surface area contributed by atoms with Crippen LogP contribution in [-0.4, -0.2) is 90.9 Å². The number of aryl methyl sites for hydroxylation is 1. The van der Waals surface area contributed by atoms with E-state index in [-0.39, 0.29) is 5.41 Å². The van der Waals surface area contributed by atoms with Crippen molar-refractivity contribution in [3.63, 3.8) is 0 Å². The van der Waals surface area contributed by atoms with Crippen LogP contribution in [0.5, 0.6) is 0 Å². The Hall–Kier alpha value is -3.20. The number of nitrogen functional groups attached to an aromatic ring is 1. The predicted octanol–water partition coefficient (Wildman–Crippen LogP) is 3.89. The number of hydrogen-bond donors (Lipinski definition) is 1. The van der Waals surface area contributed by atoms with Gasteiger partial charge in [0.05, 0.1) is 11.3 Å². The minimum atomic E-state index is -0.329. The Morgan fingerprint density at radius 1 is 1.00 bits per heavy atom. The maximum Gasteiger partial charge on any atom is 0.207 e. The molecule has 3 aromatic rings. The molecule has 2 aliphatic heterocycles. The number of likely N-dealkylation sites (N-methyl/N-ethyl adjacent to an activating group) is 2. The van der Waals surface area contributed by atoms with Crippen molar-refractivity contribution in [2.45, 2.75) is 63.3 Å². The van der Waals surface area contributed by atoms with E-state index in [1.54, 1.807) is 11.3 Å². The molecule has 2 fully saturated rings. The van der Waals surface area contributed by atoms with Gasteiger partial charge in [-0.3, -0.25) is 0 Å². The van der Waals surface area contributed by atoms with Gasteiger partial charge < -0.3 is 29.9 Å². The van der Waals surface area contributed by atoms with Gasteiger partial charge in [0.1, 0.15) is 22.7 Å². The van der Waals surface area contributed by atoms with Gasteiger partial charge in [-0.25, -0.2) is 9.97 Å². The molecule has 2 atom stereocenters. The molecule has 2 saturated heterocycles. The van der Waals surface area contributed by atoms with Gasteiger partial charge in [-0.05, 0) is 78.1 Å².